The fourth-order valence-corrected chi connectivity index (χ4v) is 3.59. The molecule has 0 saturated heterocycles. The van der Waals surface area contributed by atoms with E-state index in [-0.39, 0.29) is 35.7 Å². The lowest BCUT2D eigenvalue weighted by Gasteiger charge is -2.26. The summed E-state index contributed by atoms with van der Waals surface area (Å²) in [6.45, 7) is 1.91. The SMILES string of the molecule is CNC(=O)c1cc(C(=O)NC2CCC(O)CC2)n([C@@H](C)c2ccc(Cl)cc2)n1. The van der Waals surface area contributed by atoms with Gasteiger partial charge in [-0.25, -0.2) is 0 Å². The smallest absolute Gasteiger partial charge is 0.271 e. The van der Waals surface area contributed by atoms with E-state index in [1.807, 2.05) is 19.1 Å². The fraction of sp³-hybridized carbons (Fsp3) is 0.450. The van der Waals surface area contributed by atoms with Crippen LogP contribution in [0.25, 0.3) is 0 Å². The topological polar surface area (TPSA) is 96.3 Å². The highest BCUT2D eigenvalue weighted by atomic mass is 35.5. The third-order valence-electron chi connectivity index (χ3n) is 5.18. The zero-order chi connectivity index (χ0) is 20.3. The predicted octanol–water partition coefficient (Wildman–Crippen LogP) is 2.54. The number of rotatable bonds is 5. The van der Waals surface area contributed by atoms with Gasteiger partial charge in [-0.15, -0.1) is 0 Å². The van der Waals surface area contributed by atoms with E-state index in [1.54, 1.807) is 16.8 Å². The molecule has 2 amide bonds. The number of nitrogens with zero attached hydrogens (tertiary/aromatic N) is 2. The van der Waals surface area contributed by atoms with Crippen molar-refractivity contribution in [1.82, 2.24) is 20.4 Å². The third-order valence-corrected chi connectivity index (χ3v) is 5.43. The van der Waals surface area contributed by atoms with Crippen molar-refractivity contribution < 1.29 is 14.7 Å². The molecular weight excluding hydrogens is 380 g/mol. The molecule has 0 bridgehead atoms. The maximum absolute atomic E-state index is 12.9. The minimum absolute atomic E-state index is 0.00791. The molecule has 1 heterocycles. The Morgan fingerprint density at radius 3 is 2.43 bits per heavy atom. The summed E-state index contributed by atoms with van der Waals surface area (Å²) in [6, 6.07) is 8.57. The third kappa shape index (κ3) is 4.54. The average Bonchev–Trinajstić information content (AvgIpc) is 3.15. The van der Waals surface area contributed by atoms with Gasteiger partial charge in [0, 0.05) is 24.2 Å². The van der Waals surface area contributed by atoms with Gasteiger partial charge in [-0.05, 0) is 50.3 Å². The largest absolute Gasteiger partial charge is 0.393 e. The number of carbonyl (C=O) groups is 2. The number of carbonyl (C=O) groups excluding carboxylic acids is 2. The molecular formula is C20H25ClN4O3. The monoisotopic (exact) mass is 404 g/mol. The molecule has 150 valence electrons. The first-order valence-electron chi connectivity index (χ1n) is 9.45. The van der Waals surface area contributed by atoms with Crippen molar-refractivity contribution in [2.75, 3.05) is 7.05 Å². The Morgan fingerprint density at radius 2 is 1.82 bits per heavy atom. The Hall–Kier alpha value is -2.38. The molecule has 1 aliphatic carbocycles. The molecule has 2 aromatic rings. The van der Waals surface area contributed by atoms with Crippen LogP contribution in [0.1, 0.15) is 65.2 Å². The second-order valence-corrected chi connectivity index (χ2v) is 7.58. The Bertz CT molecular complexity index is 842. The standard InChI is InChI=1S/C20H25ClN4O3/c1-12(13-3-5-14(21)6-4-13)25-18(11-17(24-25)19(27)22-2)20(28)23-15-7-9-16(26)10-8-15/h3-6,11-12,15-16,26H,7-10H2,1-2H3,(H,22,27)(H,23,28)/t12-,15?,16?/m0/s1. The van der Waals surface area contributed by atoms with Crippen molar-refractivity contribution in [3.63, 3.8) is 0 Å². The molecule has 1 aliphatic rings. The van der Waals surface area contributed by atoms with E-state index >= 15 is 0 Å². The zero-order valence-corrected chi connectivity index (χ0v) is 16.7. The molecule has 0 unspecified atom stereocenters. The lowest BCUT2D eigenvalue weighted by Crippen LogP contribution is -2.39. The van der Waals surface area contributed by atoms with Crippen molar-refractivity contribution in [2.45, 2.75) is 50.8 Å². The number of aromatic nitrogens is 2. The first-order chi connectivity index (χ1) is 13.4. The van der Waals surface area contributed by atoms with Crippen LogP contribution in [0.4, 0.5) is 0 Å². The van der Waals surface area contributed by atoms with Gasteiger partial charge >= 0.3 is 0 Å². The normalized spacial score (nSPS) is 20.4. The van der Waals surface area contributed by atoms with Crippen LogP contribution in [0.3, 0.4) is 0 Å². The molecule has 8 heteroatoms. The maximum Gasteiger partial charge on any atom is 0.271 e. The molecule has 1 atom stereocenters. The maximum atomic E-state index is 12.9. The van der Waals surface area contributed by atoms with Crippen molar-refractivity contribution in [3.8, 4) is 0 Å². The summed E-state index contributed by atoms with van der Waals surface area (Å²) in [5, 5.41) is 20.2. The van der Waals surface area contributed by atoms with Crippen molar-refractivity contribution in [3.05, 3.63) is 52.3 Å². The summed E-state index contributed by atoms with van der Waals surface area (Å²) in [5.74, 6) is -0.623. The van der Waals surface area contributed by atoms with E-state index in [4.69, 9.17) is 11.6 Å². The molecule has 1 saturated carbocycles. The van der Waals surface area contributed by atoms with Crippen molar-refractivity contribution in [2.24, 2.45) is 0 Å². The van der Waals surface area contributed by atoms with Crippen LogP contribution in [0, 0.1) is 0 Å². The first-order valence-corrected chi connectivity index (χ1v) is 9.83. The molecule has 1 aromatic carbocycles. The van der Waals surface area contributed by atoms with E-state index in [0.717, 1.165) is 18.4 Å². The summed E-state index contributed by atoms with van der Waals surface area (Å²) >= 11 is 5.97. The summed E-state index contributed by atoms with van der Waals surface area (Å²) in [5.41, 5.74) is 1.44. The molecule has 3 N–H and O–H groups in total. The van der Waals surface area contributed by atoms with Gasteiger partial charge in [0.25, 0.3) is 11.8 Å². The number of hydrogen-bond donors (Lipinski definition) is 3. The Labute approximate surface area is 169 Å². The van der Waals surface area contributed by atoms with Gasteiger partial charge < -0.3 is 15.7 Å². The van der Waals surface area contributed by atoms with E-state index in [2.05, 4.69) is 15.7 Å². The molecule has 7 nitrogen and oxygen atoms in total. The van der Waals surface area contributed by atoms with Crippen LogP contribution >= 0.6 is 11.6 Å². The number of aliphatic hydroxyl groups excluding tert-OH is 1. The number of halogens is 1. The molecule has 0 spiro atoms. The van der Waals surface area contributed by atoms with Crippen LogP contribution < -0.4 is 10.6 Å². The van der Waals surface area contributed by atoms with Crippen LogP contribution in [0.2, 0.25) is 5.02 Å². The lowest BCUT2D eigenvalue weighted by atomic mass is 9.93. The summed E-state index contributed by atoms with van der Waals surface area (Å²) in [6.07, 6.45) is 2.53. The van der Waals surface area contributed by atoms with E-state index < -0.39 is 0 Å². The number of amides is 2. The average molecular weight is 405 g/mol. The molecule has 1 fully saturated rings. The predicted molar refractivity (Wildman–Crippen MR) is 107 cm³/mol. The Morgan fingerprint density at radius 1 is 1.18 bits per heavy atom. The van der Waals surface area contributed by atoms with Gasteiger partial charge in [-0.1, -0.05) is 23.7 Å². The van der Waals surface area contributed by atoms with Crippen LogP contribution in [0.5, 0.6) is 0 Å². The van der Waals surface area contributed by atoms with Crippen molar-refractivity contribution >= 4 is 23.4 Å². The first kappa shape index (κ1) is 20.4. The summed E-state index contributed by atoms with van der Waals surface area (Å²) < 4.78 is 1.57. The van der Waals surface area contributed by atoms with Crippen LogP contribution in [-0.2, 0) is 0 Å². The second kappa shape index (κ2) is 8.75. The van der Waals surface area contributed by atoms with Gasteiger partial charge in [0.2, 0.25) is 0 Å². The van der Waals surface area contributed by atoms with E-state index in [9.17, 15) is 14.7 Å². The molecule has 1 aromatic heterocycles. The summed E-state index contributed by atoms with van der Waals surface area (Å²) in [7, 11) is 1.52. The van der Waals surface area contributed by atoms with Crippen molar-refractivity contribution in [1.29, 1.82) is 0 Å². The van der Waals surface area contributed by atoms with Gasteiger partial charge in [-0.2, -0.15) is 5.10 Å². The number of hydrogen-bond acceptors (Lipinski definition) is 4. The highest BCUT2D eigenvalue weighted by molar-refractivity contribution is 6.30. The molecule has 28 heavy (non-hydrogen) atoms. The number of aliphatic hydroxyl groups is 1. The van der Waals surface area contributed by atoms with Crippen LogP contribution in [-0.4, -0.2) is 45.9 Å². The Balaban J connectivity index is 1.87. The van der Waals surface area contributed by atoms with E-state index in [0.29, 0.717) is 23.6 Å². The molecule has 3 rings (SSSR count). The van der Waals surface area contributed by atoms with Gasteiger partial charge in [-0.3, -0.25) is 14.3 Å². The molecule has 0 radical (unpaired) electrons. The van der Waals surface area contributed by atoms with Crippen LogP contribution in [0.15, 0.2) is 30.3 Å². The molecule has 0 aliphatic heterocycles. The lowest BCUT2D eigenvalue weighted by molar-refractivity contribution is 0.0856. The van der Waals surface area contributed by atoms with Gasteiger partial charge in [0.15, 0.2) is 5.69 Å². The fourth-order valence-electron chi connectivity index (χ4n) is 3.46. The Kier molecular flexibility index (Phi) is 6.36. The number of nitrogens with one attached hydrogen (secondary N) is 2. The van der Waals surface area contributed by atoms with Gasteiger partial charge in [0.05, 0.1) is 12.1 Å². The second-order valence-electron chi connectivity index (χ2n) is 7.14. The zero-order valence-electron chi connectivity index (χ0n) is 16.0. The minimum Gasteiger partial charge on any atom is -0.393 e. The highest BCUT2D eigenvalue weighted by Crippen LogP contribution is 2.23. The quantitative estimate of drug-likeness (QED) is 0.713. The van der Waals surface area contributed by atoms with E-state index in [1.165, 1.54) is 13.1 Å². The highest BCUT2D eigenvalue weighted by Gasteiger charge is 2.26. The van der Waals surface area contributed by atoms with Gasteiger partial charge in [0.1, 0.15) is 5.69 Å². The minimum atomic E-state index is -0.350. The number of benzene rings is 1. The summed E-state index contributed by atoms with van der Waals surface area (Å²) in [4.78, 5) is 25.0.